The van der Waals surface area contributed by atoms with E-state index in [4.69, 9.17) is 10.7 Å². The third-order valence-corrected chi connectivity index (χ3v) is 3.01. The topological polar surface area (TPSA) is 59.7 Å². The van der Waals surface area contributed by atoms with Crippen molar-refractivity contribution in [2.45, 2.75) is 38.1 Å². The lowest BCUT2D eigenvalue weighted by Crippen LogP contribution is -2.27. The van der Waals surface area contributed by atoms with Gasteiger partial charge in [-0.2, -0.15) is 5.26 Å². The number of nitriles is 1. The summed E-state index contributed by atoms with van der Waals surface area (Å²) in [4.78, 5) is 0. The van der Waals surface area contributed by atoms with Gasteiger partial charge in [-0.1, -0.05) is 19.3 Å². The first-order chi connectivity index (χ1) is 6.74. The molecule has 1 aliphatic carbocycles. The molecule has 0 aromatic heterocycles. The molecule has 0 bridgehead atoms. The Morgan fingerprint density at radius 1 is 1.43 bits per heavy atom. The van der Waals surface area contributed by atoms with Gasteiger partial charge in [0.2, 0.25) is 0 Å². The second-order valence-electron chi connectivity index (χ2n) is 3.49. The Bertz CT molecular complexity index is 272. The van der Waals surface area contributed by atoms with Gasteiger partial charge in [-0.25, -0.2) is 0 Å². The summed E-state index contributed by atoms with van der Waals surface area (Å²) >= 11 is 1.85. The number of nitrogens with one attached hydrogen (secondary N) is 2. The zero-order valence-corrected chi connectivity index (χ0v) is 10.2. The third kappa shape index (κ3) is 3.66. The predicted octanol–water partition coefficient (Wildman–Crippen LogP) is 2.73. The van der Waals surface area contributed by atoms with Gasteiger partial charge in [0.05, 0.1) is 5.57 Å². The van der Waals surface area contributed by atoms with Crippen LogP contribution < -0.4 is 5.32 Å². The predicted molar refractivity (Wildman–Crippen MR) is 65.5 cm³/mol. The highest BCUT2D eigenvalue weighted by Crippen LogP contribution is 2.17. The van der Waals surface area contributed by atoms with Crippen LogP contribution in [0.1, 0.15) is 32.1 Å². The molecule has 0 aromatic rings. The molecule has 0 atom stereocenters. The smallest absolute Gasteiger partial charge is 0.111 e. The van der Waals surface area contributed by atoms with Gasteiger partial charge < -0.3 is 5.32 Å². The molecule has 14 heavy (non-hydrogen) atoms. The third-order valence-electron chi connectivity index (χ3n) is 2.43. The molecular formula is C10H14IN3. The second-order valence-corrected chi connectivity index (χ2v) is 4.56. The van der Waals surface area contributed by atoms with Crippen molar-refractivity contribution in [3.05, 3.63) is 11.8 Å². The van der Waals surface area contributed by atoms with E-state index in [9.17, 15) is 0 Å². The molecule has 1 fully saturated rings. The molecule has 1 saturated carbocycles. The molecule has 0 radical (unpaired) electrons. The van der Waals surface area contributed by atoms with Crippen LogP contribution in [-0.4, -0.2) is 9.76 Å². The zero-order chi connectivity index (χ0) is 10.4. The Hall–Kier alpha value is -0.570. The molecular weight excluding hydrogens is 289 g/mol. The Morgan fingerprint density at radius 2 is 2.07 bits per heavy atom. The van der Waals surface area contributed by atoms with Crippen molar-refractivity contribution in [3.8, 4) is 6.07 Å². The van der Waals surface area contributed by atoms with Gasteiger partial charge in [-0.3, -0.25) is 5.41 Å². The molecule has 0 unspecified atom stereocenters. The quantitative estimate of drug-likeness (QED) is 0.478. The summed E-state index contributed by atoms with van der Waals surface area (Å²) in [7, 11) is 0. The molecule has 0 aliphatic heterocycles. The number of hydrogen-bond donors (Lipinski definition) is 2. The van der Waals surface area contributed by atoms with Crippen molar-refractivity contribution < 1.29 is 0 Å². The van der Waals surface area contributed by atoms with E-state index in [1.807, 2.05) is 28.7 Å². The number of allylic oxidation sites excluding steroid dienone is 1. The van der Waals surface area contributed by atoms with E-state index in [1.54, 1.807) is 6.20 Å². The standard InChI is InChI=1S/C10H14IN3/c11-10(13)8(6-12)7-14-9-4-2-1-3-5-9/h7,9,13-14H,1-5H2/b8-7-,13-10?. The molecule has 4 heteroatoms. The summed E-state index contributed by atoms with van der Waals surface area (Å²) < 4.78 is 0.299. The second kappa shape index (κ2) is 6.02. The van der Waals surface area contributed by atoms with E-state index in [0.29, 0.717) is 15.3 Å². The van der Waals surface area contributed by atoms with Crippen LogP contribution in [0.15, 0.2) is 11.8 Å². The molecule has 3 nitrogen and oxygen atoms in total. The van der Waals surface area contributed by atoms with E-state index in [1.165, 1.54) is 32.1 Å². The first kappa shape index (κ1) is 11.5. The highest BCUT2D eigenvalue weighted by molar-refractivity contribution is 14.1. The summed E-state index contributed by atoms with van der Waals surface area (Å²) in [5.74, 6) is 0. The Morgan fingerprint density at radius 3 is 2.57 bits per heavy atom. The summed E-state index contributed by atoms with van der Waals surface area (Å²) in [5, 5.41) is 19.3. The molecule has 2 N–H and O–H groups in total. The minimum atomic E-state index is 0.299. The van der Waals surface area contributed by atoms with E-state index < -0.39 is 0 Å². The minimum absolute atomic E-state index is 0.299. The van der Waals surface area contributed by atoms with Gasteiger partial charge in [0.25, 0.3) is 0 Å². The van der Waals surface area contributed by atoms with Crippen molar-refractivity contribution in [2.75, 3.05) is 0 Å². The number of rotatable bonds is 3. The van der Waals surface area contributed by atoms with Crippen LogP contribution >= 0.6 is 22.6 Å². The fraction of sp³-hybridized carbons (Fsp3) is 0.600. The molecule has 0 amide bonds. The largest absolute Gasteiger partial charge is 0.387 e. The first-order valence-electron chi connectivity index (χ1n) is 4.85. The van der Waals surface area contributed by atoms with E-state index in [0.717, 1.165) is 0 Å². The fourth-order valence-electron chi connectivity index (χ4n) is 1.62. The van der Waals surface area contributed by atoms with Crippen molar-refractivity contribution in [3.63, 3.8) is 0 Å². The molecule has 0 aromatic carbocycles. The van der Waals surface area contributed by atoms with Gasteiger partial charge in [-0.15, -0.1) is 0 Å². The lowest BCUT2D eigenvalue weighted by atomic mass is 9.96. The molecule has 0 heterocycles. The normalized spacial score (nSPS) is 18.7. The Labute approximate surface area is 98.2 Å². The van der Waals surface area contributed by atoms with E-state index in [2.05, 4.69) is 5.32 Å². The minimum Gasteiger partial charge on any atom is -0.387 e. The Kier molecular flexibility index (Phi) is 4.94. The fourth-order valence-corrected chi connectivity index (χ4v) is 1.89. The average molecular weight is 303 g/mol. The van der Waals surface area contributed by atoms with Gasteiger partial charge >= 0.3 is 0 Å². The SMILES string of the molecule is N#C/C(=C/NC1CCCCC1)C(=N)I. The highest BCUT2D eigenvalue weighted by Gasteiger charge is 2.11. The van der Waals surface area contributed by atoms with Crippen molar-refractivity contribution >= 4 is 26.3 Å². The van der Waals surface area contributed by atoms with Crippen LogP contribution in [0.3, 0.4) is 0 Å². The van der Waals surface area contributed by atoms with Crippen LogP contribution in [0.5, 0.6) is 0 Å². The maximum atomic E-state index is 8.72. The van der Waals surface area contributed by atoms with Crippen molar-refractivity contribution in [2.24, 2.45) is 0 Å². The van der Waals surface area contributed by atoms with E-state index >= 15 is 0 Å². The molecule has 1 aliphatic rings. The molecule has 1 rings (SSSR count). The number of halogens is 1. The van der Waals surface area contributed by atoms with Gasteiger partial charge in [0.1, 0.15) is 9.79 Å². The Balaban J connectivity index is 2.43. The van der Waals surface area contributed by atoms with Gasteiger partial charge in [0, 0.05) is 12.2 Å². The number of nitrogens with zero attached hydrogens (tertiary/aromatic N) is 1. The number of hydrogen-bond acceptors (Lipinski definition) is 3. The molecule has 0 saturated heterocycles. The van der Waals surface area contributed by atoms with Crippen molar-refractivity contribution in [1.82, 2.24) is 5.32 Å². The van der Waals surface area contributed by atoms with Crippen LogP contribution in [0, 0.1) is 16.7 Å². The van der Waals surface area contributed by atoms with Gasteiger partial charge in [-0.05, 0) is 35.4 Å². The maximum Gasteiger partial charge on any atom is 0.111 e. The molecule has 0 spiro atoms. The summed E-state index contributed by atoms with van der Waals surface area (Å²) in [6.45, 7) is 0. The van der Waals surface area contributed by atoms with Crippen LogP contribution in [0.2, 0.25) is 0 Å². The summed E-state index contributed by atoms with van der Waals surface area (Å²) in [6.07, 6.45) is 7.93. The van der Waals surface area contributed by atoms with E-state index in [-0.39, 0.29) is 0 Å². The van der Waals surface area contributed by atoms with Gasteiger partial charge in [0.15, 0.2) is 0 Å². The van der Waals surface area contributed by atoms with Crippen LogP contribution in [0.4, 0.5) is 0 Å². The monoisotopic (exact) mass is 303 g/mol. The maximum absolute atomic E-state index is 8.72. The average Bonchev–Trinajstić information content (AvgIpc) is 2.20. The first-order valence-corrected chi connectivity index (χ1v) is 5.92. The van der Waals surface area contributed by atoms with Crippen molar-refractivity contribution in [1.29, 1.82) is 10.7 Å². The lowest BCUT2D eigenvalue weighted by Gasteiger charge is -2.21. The summed E-state index contributed by atoms with van der Waals surface area (Å²) in [5.41, 5.74) is 0.427. The zero-order valence-electron chi connectivity index (χ0n) is 8.02. The summed E-state index contributed by atoms with van der Waals surface area (Å²) in [6, 6.07) is 2.51. The van der Waals surface area contributed by atoms with Crippen LogP contribution in [-0.2, 0) is 0 Å². The highest BCUT2D eigenvalue weighted by atomic mass is 127. The lowest BCUT2D eigenvalue weighted by molar-refractivity contribution is 0.404. The molecule has 76 valence electrons. The van der Waals surface area contributed by atoms with Crippen LogP contribution in [0.25, 0.3) is 0 Å².